The molecule has 0 bridgehead atoms. The average molecular weight is 1600 g/mol. The highest BCUT2D eigenvalue weighted by atomic mass is 31.2. The molecule has 0 radical (unpaired) electrons. The highest BCUT2D eigenvalue weighted by Crippen LogP contribution is 2.45. The number of carbonyl (C=O) groups excluding carboxylic acids is 4. The second-order valence-electron chi connectivity index (χ2n) is 27.9. The predicted molar refractivity (Wildman–Crippen MR) is 463 cm³/mol. The average Bonchev–Trinajstić information content (AvgIpc) is 0.898. The van der Waals surface area contributed by atoms with E-state index in [1.54, 1.807) is 0 Å². The van der Waals surface area contributed by atoms with Crippen molar-refractivity contribution in [2.75, 3.05) is 39.6 Å². The summed E-state index contributed by atoms with van der Waals surface area (Å²) in [5, 5.41) is 10.7. The zero-order valence-electron chi connectivity index (χ0n) is 69.8. The largest absolute Gasteiger partial charge is 0.472 e. The second-order valence-corrected chi connectivity index (χ2v) is 30.9. The number of carbonyl (C=O) groups is 4. The number of aliphatic hydroxyl groups excluding tert-OH is 1. The number of rotatable bonds is 79. The highest BCUT2D eigenvalue weighted by molar-refractivity contribution is 7.47. The van der Waals surface area contributed by atoms with Gasteiger partial charge in [0.1, 0.15) is 19.3 Å². The molecule has 0 aromatic rings. The van der Waals surface area contributed by atoms with Crippen molar-refractivity contribution in [2.24, 2.45) is 0 Å². The Morgan fingerprint density at radius 1 is 0.250 bits per heavy atom. The van der Waals surface area contributed by atoms with Gasteiger partial charge >= 0.3 is 39.5 Å². The summed E-state index contributed by atoms with van der Waals surface area (Å²) in [4.78, 5) is 73.4. The number of phosphoric acid groups is 2. The van der Waals surface area contributed by atoms with E-state index >= 15 is 0 Å². The van der Waals surface area contributed by atoms with Crippen LogP contribution >= 0.6 is 15.6 Å². The van der Waals surface area contributed by atoms with Crippen LogP contribution in [0.5, 0.6) is 0 Å². The molecule has 0 aromatic heterocycles. The van der Waals surface area contributed by atoms with Crippen LogP contribution in [0.25, 0.3) is 0 Å². The second kappa shape index (κ2) is 83.1. The van der Waals surface area contributed by atoms with Crippen LogP contribution in [-0.2, 0) is 65.4 Å². The molecule has 0 saturated heterocycles. The van der Waals surface area contributed by atoms with Crippen LogP contribution in [0.4, 0.5) is 0 Å². The minimum absolute atomic E-state index is 0.0642. The summed E-state index contributed by atoms with van der Waals surface area (Å²) in [7, 11) is -10.0. The van der Waals surface area contributed by atoms with E-state index in [9.17, 15) is 43.2 Å². The summed E-state index contributed by atoms with van der Waals surface area (Å²) in [5.74, 6) is -2.25. The van der Waals surface area contributed by atoms with Crippen LogP contribution in [0.1, 0.15) is 323 Å². The molecule has 0 spiro atoms. The van der Waals surface area contributed by atoms with Crippen molar-refractivity contribution < 1.29 is 80.2 Å². The van der Waals surface area contributed by atoms with Gasteiger partial charge < -0.3 is 33.8 Å². The molecular weight excluding hydrogens is 1450 g/mol. The van der Waals surface area contributed by atoms with Gasteiger partial charge in [-0.15, -0.1) is 0 Å². The fourth-order valence-corrected chi connectivity index (χ4v) is 12.6. The SMILES string of the molecule is CC/C=C\C/C=C\C/C=C\C/C=C\C/C=C\CCCCCC(=O)OCC(COP(=O)(O)OCC(O)COP(=O)(O)OCC(COC(=O)CCCCCCCCC/C=C\C/C=C\C/C=C\CC)OC(=O)CCCCCCCCC/C=C\C/C=C\C/C=C\CC)OC(=O)CCCCCCCC/C=C\C/C=C\C/C=C\C/C=C\CC. The maximum atomic E-state index is 13.2. The number of ether oxygens (including phenoxy) is 4. The Balaban J connectivity index is 5.47. The van der Waals surface area contributed by atoms with Crippen LogP contribution in [0.2, 0.25) is 0 Å². The first-order chi connectivity index (χ1) is 54.7. The first-order valence-electron chi connectivity index (χ1n) is 43.0. The van der Waals surface area contributed by atoms with E-state index in [2.05, 4.69) is 210 Å². The van der Waals surface area contributed by atoms with E-state index in [1.807, 2.05) is 0 Å². The molecule has 3 N–H and O–H groups in total. The number of phosphoric ester groups is 2. The number of hydrogen-bond donors (Lipinski definition) is 3. The Labute approximate surface area is 679 Å². The van der Waals surface area contributed by atoms with Gasteiger partial charge in [-0.25, -0.2) is 9.13 Å². The summed E-state index contributed by atoms with van der Waals surface area (Å²) < 4.78 is 68.8. The van der Waals surface area contributed by atoms with E-state index < -0.39 is 97.5 Å². The van der Waals surface area contributed by atoms with Gasteiger partial charge in [-0.2, -0.15) is 0 Å². The molecule has 0 aromatic carbocycles. The monoisotopic (exact) mass is 1600 g/mol. The van der Waals surface area contributed by atoms with Crippen molar-refractivity contribution in [1.82, 2.24) is 0 Å². The number of aliphatic hydroxyl groups is 1. The Bertz CT molecular complexity index is 2840. The smallest absolute Gasteiger partial charge is 0.462 e. The van der Waals surface area contributed by atoms with Crippen LogP contribution in [-0.4, -0.2) is 96.7 Å². The van der Waals surface area contributed by atoms with Crippen LogP contribution in [0.15, 0.2) is 182 Å². The van der Waals surface area contributed by atoms with E-state index in [4.69, 9.17) is 37.0 Å². The third-order valence-corrected chi connectivity index (χ3v) is 19.3. The van der Waals surface area contributed by atoms with Crippen molar-refractivity contribution in [3.8, 4) is 0 Å². The minimum Gasteiger partial charge on any atom is -0.462 e. The predicted octanol–water partition coefficient (Wildman–Crippen LogP) is 25.9. The fourth-order valence-electron chi connectivity index (χ4n) is 11.0. The van der Waals surface area contributed by atoms with Gasteiger partial charge in [-0.1, -0.05) is 306 Å². The maximum Gasteiger partial charge on any atom is 0.472 e. The molecule has 0 amide bonds. The number of hydrogen-bond acceptors (Lipinski definition) is 15. The molecule has 5 atom stereocenters. The van der Waals surface area contributed by atoms with Crippen molar-refractivity contribution >= 4 is 39.5 Å². The van der Waals surface area contributed by atoms with Gasteiger partial charge in [0.05, 0.1) is 26.4 Å². The van der Waals surface area contributed by atoms with Gasteiger partial charge in [0.25, 0.3) is 0 Å². The Morgan fingerprint density at radius 2 is 0.438 bits per heavy atom. The highest BCUT2D eigenvalue weighted by Gasteiger charge is 2.30. The molecule has 0 saturated carbocycles. The molecule has 112 heavy (non-hydrogen) atoms. The quantitative estimate of drug-likeness (QED) is 0.0169. The van der Waals surface area contributed by atoms with E-state index in [0.29, 0.717) is 25.7 Å². The number of allylic oxidation sites excluding steroid dienone is 30. The number of esters is 4. The Morgan fingerprint density at radius 3 is 0.679 bits per heavy atom. The lowest BCUT2D eigenvalue weighted by Crippen LogP contribution is -2.30. The molecule has 636 valence electrons. The molecule has 0 fully saturated rings. The summed E-state index contributed by atoms with van der Waals surface area (Å²) >= 11 is 0. The van der Waals surface area contributed by atoms with Crippen molar-refractivity contribution in [1.29, 1.82) is 0 Å². The first kappa shape index (κ1) is 106. The number of unbranched alkanes of at least 4 members (excludes halogenated alkanes) is 23. The molecule has 0 aliphatic heterocycles. The lowest BCUT2D eigenvalue weighted by molar-refractivity contribution is -0.161. The first-order valence-corrected chi connectivity index (χ1v) is 46.0. The van der Waals surface area contributed by atoms with Gasteiger partial charge in [0.2, 0.25) is 0 Å². The zero-order valence-corrected chi connectivity index (χ0v) is 71.6. The van der Waals surface area contributed by atoms with E-state index in [-0.39, 0.29) is 25.7 Å². The Kier molecular flexibility index (Phi) is 78.8. The molecule has 5 unspecified atom stereocenters. The molecule has 0 aliphatic carbocycles. The summed E-state index contributed by atoms with van der Waals surface area (Å²) in [6.07, 6.45) is 101. The van der Waals surface area contributed by atoms with Crippen LogP contribution < -0.4 is 0 Å². The van der Waals surface area contributed by atoms with Crippen LogP contribution in [0.3, 0.4) is 0 Å². The van der Waals surface area contributed by atoms with Crippen LogP contribution in [0, 0.1) is 0 Å². The fraction of sp³-hybridized carbons (Fsp3) is 0.634. The summed E-state index contributed by atoms with van der Waals surface area (Å²) in [5.41, 5.74) is 0. The van der Waals surface area contributed by atoms with Gasteiger partial charge in [0.15, 0.2) is 12.2 Å². The van der Waals surface area contributed by atoms with Crippen molar-refractivity contribution in [2.45, 2.75) is 341 Å². The van der Waals surface area contributed by atoms with Crippen molar-refractivity contribution in [3.63, 3.8) is 0 Å². The molecule has 0 rings (SSSR count). The third kappa shape index (κ3) is 82.2. The van der Waals surface area contributed by atoms with Gasteiger partial charge in [-0.05, 0) is 173 Å². The molecule has 19 heteroatoms. The lowest BCUT2D eigenvalue weighted by atomic mass is 10.1. The topological polar surface area (TPSA) is 237 Å². The normalized spacial score (nSPS) is 14.7. The van der Waals surface area contributed by atoms with Crippen molar-refractivity contribution in [3.05, 3.63) is 182 Å². The minimum atomic E-state index is -5.01. The van der Waals surface area contributed by atoms with E-state index in [1.165, 1.54) is 0 Å². The van der Waals surface area contributed by atoms with E-state index in [0.717, 1.165) is 244 Å². The summed E-state index contributed by atoms with van der Waals surface area (Å²) in [6.45, 7) is 4.37. The molecule has 17 nitrogen and oxygen atoms in total. The van der Waals surface area contributed by atoms with Gasteiger partial charge in [0, 0.05) is 25.7 Å². The molecule has 0 aliphatic rings. The maximum absolute atomic E-state index is 13.2. The lowest BCUT2D eigenvalue weighted by Gasteiger charge is -2.21. The third-order valence-electron chi connectivity index (χ3n) is 17.4. The summed E-state index contributed by atoms with van der Waals surface area (Å²) in [6, 6.07) is 0. The Hall–Kier alpha value is -5.84. The molecular formula is C93H152O17P2. The zero-order chi connectivity index (χ0) is 81.7. The van der Waals surface area contributed by atoms with Gasteiger partial charge in [-0.3, -0.25) is 37.3 Å². The molecule has 0 heterocycles. The standard InChI is InChI=1S/C93H152O17P2/c1-5-9-13-17-21-25-29-33-37-41-43-47-50-54-58-62-66-70-74-78-91(96)104-84-89(110-93(98)80-76-72-68-64-60-56-52-48-44-42-38-34-30-26-22-18-14-10-6-2)86-108-112(101,102)106-82-87(94)81-105-111(99,100)107-85-88(109-92(97)79-75-71-67-63-59-55-51-46-40-36-32-28-24-20-16-12-8-4)83-103-90(95)77-73-69-65-61-57-53-49-45-39-35-31-27-23-19-15-11-7-3/h9-16,21-28,33-40,43-44,47-48,54,58,87-89,94H,5-8,17-20,29-32,41-42,45-46,49-53,55-57,59-86H2,1-4H3,(H,99,100)(H,101,102)/b13-9-,14-10-,15-11-,16-12-,25-21-,26-22-,27-23-,28-24-,37-33-,38-34-,39-35-,40-36-,47-43-,48-44-,58-54-.